The third-order valence-corrected chi connectivity index (χ3v) is 3.02. The first-order valence-electron chi connectivity index (χ1n) is 6.60. The van der Waals surface area contributed by atoms with E-state index in [0.717, 1.165) is 12.1 Å². The molecule has 1 aromatic carbocycles. The molecule has 0 spiro atoms. The molecule has 0 aliphatic rings. The molecule has 2 N–H and O–H groups in total. The van der Waals surface area contributed by atoms with E-state index in [1.165, 1.54) is 6.07 Å². The van der Waals surface area contributed by atoms with Crippen molar-refractivity contribution in [2.75, 3.05) is 0 Å². The zero-order valence-electron chi connectivity index (χ0n) is 12.2. The second-order valence-electron chi connectivity index (χ2n) is 5.23. The maximum Gasteiger partial charge on any atom is 0.320 e. The summed E-state index contributed by atoms with van der Waals surface area (Å²) in [5.41, 5.74) is -0.589. The number of hydrogen-bond acceptors (Lipinski definition) is 6. The van der Waals surface area contributed by atoms with Crippen molar-refractivity contribution in [2.24, 2.45) is 5.92 Å². The Morgan fingerprint density at radius 1 is 1.27 bits per heavy atom. The smallest absolute Gasteiger partial charge is 0.320 e. The number of non-ortho nitro benzene ring substituents is 1. The molecular weight excluding hydrogens is 294 g/mol. The molecule has 0 aliphatic heterocycles. The fraction of sp³-hybridized carbons (Fsp3) is 0.462. The lowest BCUT2D eigenvalue weighted by Crippen LogP contribution is -2.37. The van der Waals surface area contributed by atoms with Crippen LogP contribution in [0.3, 0.4) is 0 Å². The van der Waals surface area contributed by atoms with Gasteiger partial charge in [0, 0.05) is 18.2 Å². The summed E-state index contributed by atoms with van der Waals surface area (Å²) in [6, 6.07) is 2.45. The number of carboxylic acids is 1. The first kappa shape index (κ1) is 17.5. The van der Waals surface area contributed by atoms with Crippen molar-refractivity contribution in [3.63, 3.8) is 0 Å². The van der Waals surface area contributed by atoms with Gasteiger partial charge in [-0.3, -0.25) is 25.0 Å². The predicted octanol–water partition coefficient (Wildman–Crippen LogP) is 2.09. The maximum absolute atomic E-state index is 11.1. The van der Waals surface area contributed by atoms with Crippen LogP contribution >= 0.6 is 0 Å². The molecule has 1 aromatic rings. The van der Waals surface area contributed by atoms with E-state index < -0.39 is 27.5 Å². The molecule has 0 aliphatic carbocycles. The van der Waals surface area contributed by atoms with Crippen LogP contribution in [0.5, 0.6) is 0 Å². The van der Waals surface area contributed by atoms with Gasteiger partial charge in [-0.15, -0.1) is 0 Å². The summed E-state index contributed by atoms with van der Waals surface area (Å²) < 4.78 is 0. The van der Waals surface area contributed by atoms with E-state index in [1.807, 2.05) is 13.8 Å². The molecule has 0 saturated carbocycles. The Labute approximate surface area is 126 Å². The number of aliphatic carboxylic acids is 1. The SMILES string of the molecule is CC(C)C[C@@H](NCc1ccc([N+](=O)[O-])cc1[N+](=O)[O-])C(=O)O. The molecule has 1 rings (SSSR count). The molecule has 0 saturated heterocycles. The van der Waals surface area contributed by atoms with Gasteiger partial charge < -0.3 is 10.4 Å². The lowest BCUT2D eigenvalue weighted by Gasteiger charge is -2.16. The van der Waals surface area contributed by atoms with Crippen LogP contribution in [-0.4, -0.2) is 27.0 Å². The van der Waals surface area contributed by atoms with Gasteiger partial charge in [-0.1, -0.05) is 13.8 Å². The third-order valence-electron chi connectivity index (χ3n) is 3.02. The van der Waals surface area contributed by atoms with E-state index in [4.69, 9.17) is 5.11 Å². The van der Waals surface area contributed by atoms with Crippen LogP contribution in [0.2, 0.25) is 0 Å². The van der Waals surface area contributed by atoms with E-state index in [0.29, 0.717) is 6.42 Å². The Morgan fingerprint density at radius 3 is 2.36 bits per heavy atom. The van der Waals surface area contributed by atoms with Gasteiger partial charge in [0.1, 0.15) is 6.04 Å². The standard InChI is InChI=1S/C13H17N3O6/c1-8(2)5-11(13(17)18)14-7-9-3-4-10(15(19)20)6-12(9)16(21)22/h3-4,6,8,11,14H,5,7H2,1-2H3,(H,17,18)/t11-/m1/s1. The molecule has 22 heavy (non-hydrogen) atoms. The molecule has 0 unspecified atom stereocenters. The van der Waals surface area contributed by atoms with E-state index in [-0.39, 0.29) is 23.7 Å². The number of hydrogen-bond donors (Lipinski definition) is 2. The van der Waals surface area contributed by atoms with Gasteiger partial charge in [0.05, 0.1) is 15.9 Å². The number of nitro benzene ring substituents is 2. The largest absolute Gasteiger partial charge is 0.480 e. The van der Waals surface area contributed by atoms with Gasteiger partial charge in [-0.2, -0.15) is 0 Å². The number of carbonyl (C=O) groups is 1. The van der Waals surface area contributed by atoms with Gasteiger partial charge in [0.25, 0.3) is 11.4 Å². The van der Waals surface area contributed by atoms with E-state index in [2.05, 4.69) is 5.32 Å². The fourth-order valence-corrected chi connectivity index (χ4v) is 1.96. The molecule has 1 atom stereocenters. The lowest BCUT2D eigenvalue weighted by atomic mass is 10.0. The highest BCUT2D eigenvalue weighted by Crippen LogP contribution is 2.24. The molecular formula is C13H17N3O6. The summed E-state index contributed by atoms with van der Waals surface area (Å²) in [4.78, 5) is 31.3. The lowest BCUT2D eigenvalue weighted by molar-refractivity contribution is -0.394. The Bertz CT molecular complexity index is 587. The Hall–Kier alpha value is -2.55. The normalized spacial score (nSPS) is 12.1. The third kappa shape index (κ3) is 4.77. The summed E-state index contributed by atoms with van der Waals surface area (Å²) in [5, 5.41) is 33.5. The number of nitrogens with one attached hydrogen (secondary N) is 1. The summed E-state index contributed by atoms with van der Waals surface area (Å²) >= 11 is 0. The van der Waals surface area contributed by atoms with Crippen LogP contribution in [0.15, 0.2) is 18.2 Å². The van der Waals surface area contributed by atoms with Crippen molar-refractivity contribution in [1.82, 2.24) is 5.32 Å². The van der Waals surface area contributed by atoms with E-state index in [1.54, 1.807) is 0 Å². The number of nitro groups is 2. The number of rotatable bonds is 8. The minimum absolute atomic E-state index is 0.0575. The molecule has 0 radical (unpaired) electrons. The average Bonchev–Trinajstić information content (AvgIpc) is 2.42. The monoisotopic (exact) mass is 311 g/mol. The van der Waals surface area contributed by atoms with Gasteiger partial charge in [0.15, 0.2) is 0 Å². The molecule has 9 nitrogen and oxygen atoms in total. The highest BCUT2D eigenvalue weighted by Gasteiger charge is 2.22. The summed E-state index contributed by atoms with van der Waals surface area (Å²) in [7, 11) is 0. The van der Waals surface area contributed by atoms with E-state index in [9.17, 15) is 25.0 Å². The van der Waals surface area contributed by atoms with Crippen molar-refractivity contribution < 1.29 is 19.7 Å². The van der Waals surface area contributed by atoms with Crippen molar-refractivity contribution >= 4 is 17.3 Å². The van der Waals surface area contributed by atoms with Crippen LogP contribution in [0.25, 0.3) is 0 Å². The van der Waals surface area contributed by atoms with Gasteiger partial charge in [0.2, 0.25) is 0 Å². The second kappa shape index (κ2) is 7.46. The van der Waals surface area contributed by atoms with E-state index >= 15 is 0 Å². The minimum atomic E-state index is -1.04. The number of carboxylic acid groups (broad SMARTS) is 1. The molecule has 0 heterocycles. The van der Waals surface area contributed by atoms with Crippen LogP contribution in [-0.2, 0) is 11.3 Å². The van der Waals surface area contributed by atoms with Crippen molar-refractivity contribution in [1.29, 1.82) is 0 Å². The van der Waals surface area contributed by atoms with Gasteiger partial charge in [-0.05, 0) is 18.4 Å². The highest BCUT2D eigenvalue weighted by atomic mass is 16.6. The molecule has 0 bridgehead atoms. The number of nitrogens with zero attached hydrogens (tertiary/aromatic N) is 2. The van der Waals surface area contributed by atoms with Crippen molar-refractivity contribution in [2.45, 2.75) is 32.9 Å². The average molecular weight is 311 g/mol. The molecule has 0 amide bonds. The Balaban J connectivity index is 2.94. The summed E-state index contributed by atoms with van der Waals surface area (Å²) in [6.45, 7) is 3.68. The van der Waals surface area contributed by atoms with Crippen LogP contribution in [0.1, 0.15) is 25.8 Å². The molecule has 0 fully saturated rings. The highest BCUT2D eigenvalue weighted by molar-refractivity contribution is 5.73. The van der Waals surface area contributed by atoms with Crippen LogP contribution in [0, 0.1) is 26.1 Å². The minimum Gasteiger partial charge on any atom is -0.480 e. The van der Waals surface area contributed by atoms with Crippen LogP contribution < -0.4 is 5.32 Å². The van der Waals surface area contributed by atoms with Crippen molar-refractivity contribution in [3.05, 3.63) is 44.0 Å². The van der Waals surface area contributed by atoms with Gasteiger partial charge in [-0.25, -0.2) is 0 Å². The molecule has 0 aromatic heterocycles. The zero-order chi connectivity index (χ0) is 16.9. The first-order valence-corrected chi connectivity index (χ1v) is 6.60. The Morgan fingerprint density at radius 2 is 1.91 bits per heavy atom. The fourth-order valence-electron chi connectivity index (χ4n) is 1.96. The summed E-state index contributed by atoms with van der Waals surface area (Å²) in [5.74, 6) is -0.904. The summed E-state index contributed by atoms with van der Waals surface area (Å²) in [6.07, 6.45) is 0.371. The topological polar surface area (TPSA) is 136 Å². The predicted molar refractivity (Wildman–Crippen MR) is 77.5 cm³/mol. The second-order valence-corrected chi connectivity index (χ2v) is 5.23. The Kier molecular flexibility index (Phi) is 5.93. The maximum atomic E-state index is 11.1. The molecule has 9 heteroatoms. The quantitative estimate of drug-likeness (QED) is 0.554. The first-order chi connectivity index (χ1) is 10.2. The number of benzene rings is 1. The molecule has 120 valence electrons. The zero-order valence-corrected chi connectivity index (χ0v) is 12.2. The van der Waals surface area contributed by atoms with Crippen molar-refractivity contribution in [3.8, 4) is 0 Å². The van der Waals surface area contributed by atoms with Crippen LogP contribution in [0.4, 0.5) is 11.4 Å². The van der Waals surface area contributed by atoms with Gasteiger partial charge >= 0.3 is 5.97 Å².